The molecule has 2 aliphatic heterocycles. The van der Waals surface area contributed by atoms with Crippen molar-refractivity contribution in [2.45, 2.75) is 12.2 Å². The highest BCUT2D eigenvalue weighted by molar-refractivity contribution is 7.59. The summed E-state index contributed by atoms with van der Waals surface area (Å²) in [6.45, 7) is 4.81. The fraction of sp³-hybridized carbons (Fsp3) is 1.00. The molecule has 2 aliphatic rings. The SMILES string of the molecule is CO.NC[C@H]1COCCO1.S.S.[N-]=[N+]=NC[C@H]1COCCO1. The van der Waals surface area contributed by atoms with Crippen LogP contribution in [0.3, 0.4) is 0 Å². The lowest BCUT2D eigenvalue weighted by Crippen LogP contribution is -2.34. The third-order valence-electron chi connectivity index (χ3n) is 2.38. The van der Waals surface area contributed by atoms with E-state index in [1.807, 2.05) is 0 Å². The van der Waals surface area contributed by atoms with Crippen LogP contribution in [0, 0.1) is 0 Å². The Labute approximate surface area is 144 Å². The molecule has 134 valence electrons. The molecule has 2 rings (SSSR count). The van der Waals surface area contributed by atoms with E-state index >= 15 is 0 Å². The van der Waals surface area contributed by atoms with Crippen LogP contribution in [0.1, 0.15) is 0 Å². The standard InChI is InChI=1S/C5H9N3O2.C5H11NO2.CH4O.2H2S/c6-8-7-3-5-4-9-1-2-10-5;6-3-5-4-7-1-2-8-5;1-2;;/h5H,1-4H2;5H,1-4,6H2;2H,1H3;2*1H2/t2*5-;;;/m00.../s1. The highest BCUT2D eigenvalue weighted by atomic mass is 32.1. The van der Waals surface area contributed by atoms with E-state index in [1.165, 1.54) is 0 Å². The van der Waals surface area contributed by atoms with E-state index in [1.54, 1.807) is 0 Å². The van der Waals surface area contributed by atoms with Crippen LogP contribution in [0.2, 0.25) is 0 Å². The molecule has 0 unspecified atom stereocenters. The molecule has 0 aromatic carbocycles. The van der Waals surface area contributed by atoms with Crippen molar-refractivity contribution in [3.05, 3.63) is 10.4 Å². The molecule has 0 radical (unpaired) electrons. The quantitative estimate of drug-likeness (QED) is 0.410. The molecule has 0 aromatic rings. The van der Waals surface area contributed by atoms with Gasteiger partial charge in [-0.2, -0.15) is 27.0 Å². The van der Waals surface area contributed by atoms with Crippen LogP contribution < -0.4 is 5.73 Å². The molecule has 0 aliphatic carbocycles. The van der Waals surface area contributed by atoms with Gasteiger partial charge in [0.1, 0.15) is 0 Å². The highest BCUT2D eigenvalue weighted by Gasteiger charge is 2.12. The number of aliphatic hydroxyl groups excluding tert-OH is 1. The normalized spacial score (nSPS) is 22.9. The summed E-state index contributed by atoms with van der Waals surface area (Å²) in [5, 5.41) is 10.4. The number of nitrogens with two attached hydrogens (primary N) is 1. The van der Waals surface area contributed by atoms with Gasteiger partial charge >= 0.3 is 0 Å². The molecule has 0 spiro atoms. The topological polar surface area (TPSA) is 132 Å². The second-order valence-electron chi connectivity index (χ2n) is 3.78. The van der Waals surface area contributed by atoms with E-state index < -0.39 is 0 Å². The molecule has 0 bridgehead atoms. The summed E-state index contributed by atoms with van der Waals surface area (Å²) >= 11 is 0. The minimum atomic E-state index is -0.0374. The summed E-state index contributed by atoms with van der Waals surface area (Å²) in [5.41, 5.74) is 13.3. The van der Waals surface area contributed by atoms with Crippen LogP contribution in [-0.4, -0.2) is 77.2 Å². The largest absolute Gasteiger partial charge is 0.400 e. The van der Waals surface area contributed by atoms with Gasteiger partial charge < -0.3 is 29.8 Å². The monoisotopic (exact) mass is 360 g/mol. The second-order valence-corrected chi connectivity index (χ2v) is 3.78. The predicted molar refractivity (Wildman–Crippen MR) is 93.1 cm³/mol. The van der Waals surface area contributed by atoms with Crippen LogP contribution in [0.15, 0.2) is 5.11 Å². The zero-order valence-corrected chi connectivity index (χ0v) is 14.8. The Morgan fingerprint density at radius 2 is 1.55 bits per heavy atom. The Balaban J connectivity index is -0.000000276. The van der Waals surface area contributed by atoms with E-state index in [2.05, 4.69) is 10.0 Å². The van der Waals surface area contributed by atoms with E-state index in [4.69, 9.17) is 35.3 Å². The number of nitrogens with zero attached hydrogens (tertiary/aromatic N) is 3. The molecule has 0 amide bonds. The zero-order valence-electron chi connectivity index (χ0n) is 12.8. The fourth-order valence-electron chi connectivity index (χ4n) is 1.44. The van der Waals surface area contributed by atoms with Gasteiger partial charge in [-0.15, -0.1) is 0 Å². The second kappa shape index (κ2) is 20.8. The van der Waals surface area contributed by atoms with E-state index in [-0.39, 0.29) is 39.2 Å². The van der Waals surface area contributed by atoms with Crippen LogP contribution in [0.25, 0.3) is 10.4 Å². The van der Waals surface area contributed by atoms with Crippen molar-refractivity contribution < 1.29 is 24.1 Å². The fourth-order valence-corrected chi connectivity index (χ4v) is 1.44. The number of rotatable bonds is 3. The summed E-state index contributed by atoms with van der Waals surface area (Å²) in [6, 6.07) is 0. The van der Waals surface area contributed by atoms with Crippen LogP contribution in [0.5, 0.6) is 0 Å². The van der Waals surface area contributed by atoms with Gasteiger partial charge in [0.2, 0.25) is 0 Å². The number of ether oxygens (including phenoxy) is 4. The van der Waals surface area contributed by atoms with Crippen LogP contribution in [-0.2, 0) is 18.9 Å². The Bertz CT molecular complexity index is 261. The maximum Gasteiger partial charge on any atom is 0.0931 e. The smallest absolute Gasteiger partial charge is 0.0931 e. The van der Waals surface area contributed by atoms with Gasteiger partial charge in [0, 0.05) is 18.6 Å². The van der Waals surface area contributed by atoms with Crippen molar-refractivity contribution in [3.63, 3.8) is 0 Å². The first-order chi connectivity index (χ1) is 9.86. The Morgan fingerprint density at radius 1 is 1.05 bits per heavy atom. The molecular weight excluding hydrogens is 332 g/mol. The zero-order chi connectivity index (χ0) is 15.1. The van der Waals surface area contributed by atoms with Crippen molar-refractivity contribution in [1.82, 2.24) is 0 Å². The molecule has 2 saturated heterocycles. The summed E-state index contributed by atoms with van der Waals surface area (Å²) in [6.07, 6.45) is 0.105. The van der Waals surface area contributed by atoms with Gasteiger partial charge in [-0.1, -0.05) is 5.11 Å². The summed E-state index contributed by atoms with van der Waals surface area (Å²) in [7, 11) is 1.00. The molecule has 3 N–H and O–H groups in total. The van der Waals surface area contributed by atoms with Crippen molar-refractivity contribution in [3.8, 4) is 0 Å². The van der Waals surface area contributed by atoms with E-state index in [0.29, 0.717) is 46.1 Å². The number of hydrogen-bond donors (Lipinski definition) is 2. The van der Waals surface area contributed by atoms with Crippen molar-refractivity contribution >= 4 is 27.0 Å². The van der Waals surface area contributed by atoms with Crippen molar-refractivity contribution in [2.24, 2.45) is 10.8 Å². The van der Waals surface area contributed by atoms with Gasteiger partial charge in [-0.3, -0.25) is 0 Å². The Hall–Kier alpha value is -0.230. The first kappa shape index (κ1) is 26.7. The maximum atomic E-state index is 7.96. The third-order valence-corrected chi connectivity index (χ3v) is 2.38. The summed E-state index contributed by atoms with van der Waals surface area (Å²) in [4.78, 5) is 2.62. The van der Waals surface area contributed by atoms with Gasteiger partial charge in [0.05, 0.1) is 58.4 Å². The molecule has 2 atom stereocenters. The molecule has 22 heavy (non-hydrogen) atoms. The van der Waals surface area contributed by atoms with Gasteiger partial charge in [0.25, 0.3) is 0 Å². The first-order valence-electron chi connectivity index (χ1n) is 6.41. The molecule has 0 saturated carbocycles. The van der Waals surface area contributed by atoms with Crippen LogP contribution >= 0.6 is 27.0 Å². The first-order valence-corrected chi connectivity index (χ1v) is 6.41. The van der Waals surface area contributed by atoms with Gasteiger partial charge in [0.15, 0.2) is 0 Å². The molecular formula is C11H28N4O5S2. The molecule has 11 heteroatoms. The average Bonchev–Trinajstić information content (AvgIpc) is 2.57. The number of hydrogen-bond acceptors (Lipinski definition) is 7. The summed E-state index contributed by atoms with van der Waals surface area (Å²) < 4.78 is 20.5. The predicted octanol–water partition coefficient (Wildman–Crippen LogP) is -0.0933. The van der Waals surface area contributed by atoms with E-state index in [0.717, 1.165) is 13.7 Å². The van der Waals surface area contributed by atoms with Crippen LogP contribution in [0.4, 0.5) is 0 Å². The molecule has 9 nitrogen and oxygen atoms in total. The lowest BCUT2D eigenvalue weighted by molar-refractivity contribution is -0.0834. The third kappa shape index (κ3) is 14.7. The Kier molecular flexibility index (Phi) is 25.2. The molecule has 2 heterocycles. The molecule has 0 aromatic heterocycles. The lowest BCUT2D eigenvalue weighted by Gasteiger charge is -2.20. The Morgan fingerprint density at radius 3 is 1.86 bits per heavy atom. The van der Waals surface area contributed by atoms with Gasteiger partial charge in [-0.25, -0.2) is 0 Å². The maximum absolute atomic E-state index is 7.96. The number of azide groups is 1. The lowest BCUT2D eigenvalue weighted by atomic mass is 10.3. The number of aliphatic hydroxyl groups is 1. The minimum Gasteiger partial charge on any atom is -0.400 e. The van der Waals surface area contributed by atoms with Crippen molar-refractivity contribution in [1.29, 1.82) is 0 Å². The highest BCUT2D eigenvalue weighted by Crippen LogP contribution is 2.00. The van der Waals surface area contributed by atoms with E-state index in [9.17, 15) is 0 Å². The minimum absolute atomic E-state index is 0. The average molecular weight is 361 g/mol. The van der Waals surface area contributed by atoms with Gasteiger partial charge in [-0.05, 0) is 5.53 Å². The molecule has 2 fully saturated rings. The van der Waals surface area contributed by atoms with Crippen molar-refractivity contribution in [2.75, 3.05) is 59.8 Å². The summed E-state index contributed by atoms with van der Waals surface area (Å²) in [5.74, 6) is 0.